The minimum absolute atomic E-state index is 0.00720. The van der Waals surface area contributed by atoms with Crippen molar-refractivity contribution >= 4 is 17.7 Å². The molecule has 17 heteroatoms. The van der Waals surface area contributed by atoms with Gasteiger partial charge in [0.2, 0.25) is 23.8 Å². The van der Waals surface area contributed by atoms with Crippen molar-refractivity contribution in [3.05, 3.63) is 77.7 Å². The third-order valence-corrected chi connectivity index (χ3v) is 9.66. The van der Waals surface area contributed by atoms with Crippen molar-refractivity contribution in [2.45, 2.75) is 58.4 Å². The fraction of sp³-hybridized carbons (Fsp3) is 0.389. The van der Waals surface area contributed by atoms with Crippen molar-refractivity contribution < 1.29 is 36.2 Å². The van der Waals surface area contributed by atoms with E-state index in [-0.39, 0.29) is 57.9 Å². The Bertz CT molecular complexity index is 2130. The van der Waals surface area contributed by atoms with E-state index in [0.29, 0.717) is 55.3 Å². The monoisotopic (exact) mass is 735 g/mol. The maximum absolute atomic E-state index is 15.3. The first-order valence-electron chi connectivity index (χ1n) is 17.1. The number of ether oxygens (including phenoxy) is 2. The lowest BCUT2D eigenvalue weighted by molar-refractivity contribution is -0.198. The summed E-state index contributed by atoms with van der Waals surface area (Å²) in [5, 5.41) is 15.2. The van der Waals surface area contributed by atoms with E-state index in [4.69, 9.17) is 19.6 Å². The van der Waals surface area contributed by atoms with Crippen LogP contribution in [0.1, 0.15) is 49.4 Å². The number of alkyl halides is 3. The van der Waals surface area contributed by atoms with Crippen LogP contribution in [0.4, 0.5) is 29.3 Å². The van der Waals surface area contributed by atoms with Crippen molar-refractivity contribution in [1.29, 1.82) is 0 Å². The highest BCUT2D eigenvalue weighted by atomic mass is 19.4. The van der Waals surface area contributed by atoms with Crippen LogP contribution in [0, 0.1) is 25.1 Å². The van der Waals surface area contributed by atoms with Gasteiger partial charge in [-0.2, -0.15) is 28.2 Å². The number of piperidine rings is 1. The molecule has 0 aliphatic carbocycles. The summed E-state index contributed by atoms with van der Waals surface area (Å²) in [4.78, 5) is 22.6. The smallest absolute Gasteiger partial charge is 0.429 e. The van der Waals surface area contributed by atoms with Gasteiger partial charge in [-0.3, -0.25) is 4.79 Å². The van der Waals surface area contributed by atoms with Crippen molar-refractivity contribution in [2.75, 3.05) is 36.9 Å². The molecule has 2 atom stereocenters. The van der Waals surface area contributed by atoms with Gasteiger partial charge in [0.05, 0.1) is 23.6 Å². The fourth-order valence-corrected chi connectivity index (χ4v) is 6.96. The Morgan fingerprint density at radius 1 is 1.08 bits per heavy atom. The number of nitrogen functional groups attached to an aromatic ring is 1. The summed E-state index contributed by atoms with van der Waals surface area (Å²) in [5.74, 6) is -0.915. The molecule has 2 aromatic carbocycles. The number of carbonyl (C=O) groups excluding carboxylic acids is 1. The van der Waals surface area contributed by atoms with Gasteiger partial charge in [-0.05, 0) is 73.9 Å². The number of rotatable bonds is 9. The Balaban J connectivity index is 1.16. The minimum Gasteiger partial charge on any atom is -0.465 e. The van der Waals surface area contributed by atoms with Crippen LogP contribution in [0.25, 0.3) is 28.3 Å². The first-order chi connectivity index (χ1) is 25.3. The van der Waals surface area contributed by atoms with Crippen LogP contribution in [0.15, 0.2) is 59.1 Å². The number of aromatic nitrogens is 6. The largest absolute Gasteiger partial charge is 0.465 e. The fourth-order valence-electron chi connectivity index (χ4n) is 6.96. The van der Waals surface area contributed by atoms with Crippen LogP contribution in [-0.2, 0) is 9.53 Å². The first-order valence-corrected chi connectivity index (χ1v) is 17.1. The van der Waals surface area contributed by atoms with Gasteiger partial charge in [0.1, 0.15) is 17.7 Å². The number of aryl methyl sites for hydroxylation is 2. The van der Waals surface area contributed by atoms with Crippen LogP contribution in [-0.4, -0.2) is 74.4 Å². The van der Waals surface area contributed by atoms with Gasteiger partial charge < -0.3 is 29.8 Å². The highest BCUT2D eigenvalue weighted by Gasteiger charge is 2.46. The predicted molar refractivity (Wildman–Crippen MR) is 185 cm³/mol. The number of hydrogen-bond donors (Lipinski definition) is 2. The van der Waals surface area contributed by atoms with E-state index < -0.39 is 18.1 Å². The average Bonchev–Trinajstić information content (AvgIpc) is 3.87. The van der Waals surface area contributed by atoms with Crippen LogP contribution in [0.5, 0.6) is 5.88 Å². The molecule has 1 spiro atoms. The number of benzene rings is 2. The minimum atomic E-state index is -4.91. The Hall–Kier alpha value is -5.58. The number of halogens is 4. The summed E-state index contributed by atoms with van der Waals surface area (Å²) < 4.78 is 77.7. The number of nitrogens with one attached hydrogen (secondary N) is 1. The van der Waals surface area contributed by atoms with Gasteiger partial charge in [-0.15, -0.1) is 10.2 Å². The van der Waals surface area contributed by atoms with Crippen molar-refractivity contribution in [3.63, 3.8) is 0 Å². The average molecular weight is 736 g/mol. The molecule has 0 unspecified atom stereocenters. The summed E-state index contributed by atoms with van der Waals surface area (Å²) in [6.45, 7) is 7.11. The first kappa shape index (κ1) is 35.8. The van der Waals surface area contributed by atoms with Gasteiger partial charge in [-0.1, -0.05) is 18.2 Å². The Labute approximate surface area is 301 Å². The highest BCUT2D eigenvalue weighted by molar-refractivity contribution is 5.76. The third kappa shape index (κ3) is 7.51. The molecular formula is C36H37F4N9O4. The molecule has 3 aromatic heterocycles. The van der Waals surface area contributed by atoms with Gasteiger partial charge in [0.25, 0.3) is 5.89 Å². The summed E-state index contributed by atoms with van der Waals surface area (Å²) in [7, 11) is 0. The number of hydrogen-bond acceptors (Lipinski definition) is 12. The van der Waals surface area contributed by atoms with E-state index in [1.165, 1.54) is 47.3 Å². The molecule has 7 rings (SSSR count). The molecule has 5 aromatic rings. The van der Waals surface area contributed by atoms with Gasteiger partial charge in [0.15, 0.2) is 0 Å². The number of carbonyl (C=O) groups is 1. The van der Waals surface area contributed by atoms with Crippen LogP contribution >= 0.6 is 0 Å². The number of esters is 1. The van der Waals surface area contributed by atoms with E-state index in [9.17, 15) is 18.0 Å². The molecule has 278 valence electrons. The van der Waals surface area contributed by atoms with Crippen LogP contribution in [0.3, 0.4) is 0 Å². The quantitative estimate of drug-likeness (QED) is 0.136. The normalized spacial score (nSPS) is 17.6. The Morgan fingerprint density at radius 3 is 2.49 bits per heavy atom. The van der Waals surface area contributed by atoms with E-state index in [2.05, 4.69) is 30.6 Å². The predicted octanol–water partition coefficient (Wildman–Crippen LogP) is 5.91. The highest BCUT2D eigenvalue weighted by Crippen LogP contribution is 2.43. The maximum Gasteiger partial charge on any atom is 0.429 e. The molecule has 3 N–H and O–H groups in total. The third-order valence-electron chi connectivity index (χ3n) is 9.66. The second kappa shape index (κ2) is 14.1. The lowest BCUT2D eigenvalue weighted by Gasteiger charge is -2.39. The van der Waals surface area contributed by atoms with E-state index in [1.54, 1.807) is 32.9 Å². The van der Waals surface area contributed by atoms with E-state index in [1.807, 2.05) is 4.90 Å². The molecule has 2 aliphatic heterocycles. The standard InChI is InChI=1S/C36H37F4N9O4/c1-4-51-33(50)27-18-35(19-42-27)10-13-48(14-11-35)29-17-30(44-34(41)43-29)53-31(36(38,39)40)25-8-6-23(16-28(25)49-12-9-20(2)47-49)22-5-7-24(26(37)15-22)32-46-45-21(3)52-32/h5-9,12,15-17,27,31,42H,4,10-11,13-14,18-19H2,1-3H3,(H2,41,43,44)/t27-,31+/m0/s1. The summed E-state index contributed by atoms with van der Waals surface area (Å²) in [6.07, 6.45) is -3.77. The van der Waals surface area contributed by atoms with Gasteiger partial charge in [0, 0.05) is 44.4 Å². The lowest BCUT2D eigenvalue weighted by atomic mass is 9.76. The van der Waals surface area contributed by atoms with E-state index >= 15 is 4.39 Å². The second-order valence-electron chi connectivity index (χ2n) is 13.3. The van der Waals surface area contributed by atoms with Crippen molar-refractivity contribution in [1.82, 2.24) is 35.3 Å². The summed E-state index contributed by atoms with van der Waals surface area (Å²) in [5.41, 5.74) is 7.19. The molecule has 13 nitrogen and oxygen atoms in total. The Kier molecular flexibility index (Phi) is 9.52. The molecule has 2 fully saturated rings. The summed E-state index contributed by atoms with van der Waals surface area (Å²) >= 11 is 0. The number of nitrogens with zero attached hydrogens (tertiary/aromatic N) is 7. The van der Waals surface area contributed by atoms with E-state index in [0.717, 1.165) is 12.8 Å². The molecule has 0 amide bonds. The zero-order valence-electron chi connectivity index (χ0n) is 29.2. The van der Waals surface area contributed by atoms with Crippen molar-refractivity contribution in [3.8, 4) is 34.1 Å². The molecular weight excluding hydrogens is 698 g/mol. The van der Waals surface area contributed by atoms with Gasteiger partial charge in [-0.25, -0.2) is 9.07 Å². The topological polar surface area (TPSA) is 159 Å². The van der Waals surface area contributed by atoms with Crippen LogP contribution in [0.2, 0.25) is 0 Å². The molecule has 2 aliphatic rings. The lowest BCUT2D eigenvalue weighted by Crippen LogP contribution is -2.41. The maximum atomic E-state index is 15.3. The molecule has 0 saturated carbocycles. The van der Waals surface area contributed by atoms with Crippen LogP contribution < -0.4 is 20.7 Å². The molecule has 5 heterocycles. The second-order valence-corrected chi connectivity index (χ2v) is 13.3. The zero-order valence-corrected chi connectivity index (χ0v) is 29.2. The molecule has 53 heavy (non-hydrogen) atoms. The zero-order chi connectivity index (χ0) is 37.5. The SMILES string of the molecule is CCOC(=O)[C@@H]1CC2(CCN(c3cc(O[C@H](c4ccc(-c5ccc(-c6nnc(C)o6)c(F)c5)cc4-n4ccc(C)n4)C(F)(F)F)nc(N)n3)CC2)CN1. The van der Waals surface area contributed by atoms with Gasteiger partial charge >= 0.3 is 12.1 Å². The summed E-state index contributed by atoms with van der Waals surface area (Å²) in [6, 6.07) is 11.2. The molecule has 2 saturated heterocycles. The number of nitrogens with two attached hydrogens (primary N) is 1. The Morgan fingerprint density at radius 2 is 1.83 bits per heavy atom. The molecule has 0 radical (unpaired) electrons. The van der Waals surface area contributed by atoms with Crippen molar-refractivity contribution in [2.24, 2.45) is 5.41 Å². The number of anilines is 2. The molecule has 0 bridgehead atoms.